The fourth-order valence-corrected chi connectivity index (χ4v) is 3.14. The van der Waals surface area contributed by atoms with Gasteiger partial charge in [-0.1, -0.05) is 24.3 Å². The summed E-state index contributed by atoms with van der Waals surface area (Å²) in [6.45, 7) is 3.77. The molecule has 1 unspecified atom stereocenters. The molecule has 134 valence electrons. The highest BCUT2D eigenvalue weighted by Gasteiger charge is 2.24. The van der Waals surface area contributed by atoms with E-state index in [1.165, 1.54) is 11.3 Å². The van der Waals surface area contributed by atoms with Crippen molar-refractivity contribution in [3.63, 3.8) is 0 Å². The van der Waals surface area contributed by atoms with Crippen molar-refractivity contribution in [2.75, 3.05) is 30.4 Å². The number of nitrogens with two attached hydrogens (primary N) is 1. The number of aliphatic imine (C=N–C) groups is 1. The van der Waals surface area contributed by atoms with E-state index in [1.54, 1.807) is 7.11 Å². The van der Waals surface area contributed by atoms with Crippen molar-refractivity contribution in [3.05, 3.63) is 54.1 Å². The number of rotatable bonds is 5. The van der Waals surface area contributed by atoms with Gasteiger partial charge in [-0.3, -0.25) is 4.99 Å². The number of benzene rings is 2. The molecule has 0 spiro atoms. The average Bonchev–Trinajstić information content (AvgIpc) is 2.91. The van der Waals surface area contributed by atoms with Crippen molar-refractivity contribution in [3.8, 4) is 5.75 Å². The topological polar surface area (TPSA) is 62.9 Å². The van der Waals surface area contributed by atoms with Crippen molar-refractivity contribution >= 4 is 41.3 Å². The van der Waals surface area contributed by atoms with E-state index in [9.17, 15) is 0 Å². The van der Waals surface area contributed by atoms with Crippen LogP contribution in [0.1, 0.15) is 12.5 Å². The van der Waals surface area contributed by atoms with Crippen LogP contribution in [0, 0.1) is 0 Å². The van der Waals surface area contributed by atoms with Crippen molar-refractivity contribution < 1.29 is 4.74 Å². The molecule has 3 rings (SSSR count). The fraction of sp³-hybridized carbons (Fsp3) is 0.316. The Balaban J connectivity index is 0.00000225. The molecular formula is C19H25IN4O. The van der Waals surface area contributed by atoms with Gasteiger partial charge in [-0.25, -0.2) is 0 Å². The first-order valence-electron chi connectivity index (χ1n) is 8.23. The normalized spacial score (nSPS) is 16.2. The van der Waals surface area contributed by atoms with Crippen LogP contribution in [0.25, 0.3) is 0 Å². The highest BCUT2D eigenvalue weighted by Crippen LogP contribution is 2.31. The van der Waals surface area contributed by atoms with Crippen LogP contribution in [0.5, 0.6) is 5.75 Å². The number of methoxy groups -OCH3 is 1. The van der Waals surface area contributed by atoms with Gasteiger partial charge in [-0.05, 0) is 37.1 Å². The second-order valence-corrected chi connectivity index (χ2v) is 6.00. The van der Waals surface area contributed by atoms with E-state index >= 15 is 0 Å². The van der Waals surface area contributed by atoms with Gasteiger partial charge in [0.1, 0.15) is 5.75 Å². The zero-order valence-electron chi connectivity index (χ0n) is 14.6. The standard InChI is InChI=1S/C19H24N4O.HI/c1-14-12-15-6-3-4-9-18(15)23(14)11-10-21-19(20)22-16-7-5-8-17(13-16)24-2;/h3-9,13-14H,10-12H2,1-2H3,(H3,20,21,22);1H. The van der Waals surface area contributed by atoms with Crippen molar-refractivity contribution in [2.24, 2.45) is 10.7 Å². The molecule has 0 aromatic heterocycles. The molecule has 1 atom stereocenters. The first kappa shape index (κ1) is 19.4. The van der Waals surface area contributed by atoms with Crippen LogP contribution in [0.15, 0.2) is 53.5 Å². The Morgan fingerprint density at radius 2 is 2.08 bits per heavy atom. The number of hydrogen-bond donors (Lipinski definition) is 2. The van der Waals surface area contributed by atoms with Crippen molar-refractivity contribution in [2.45, 2.75) is 19.4 Å². The summed E-state index contributed by atoms with van der Waals surface area (Å²) in [5, 5.41) is 3.10. The Morgan fingerprint density at radius 3 is 2.88 bits per heavy atom. The molecule has 1 aliphatic rings. The van der Waals surface area contributed by atoms with Gasteiger partial charge >= 0.3 is 0 Å². The second-order valence-electron chi connectivity index (χ2n) is 6.00. The van der Waals surface area contributed by atoms with Crippen LogP contribution in [-0.4, -0.2) is 32.2 Å². The second kappa shape index (κ2) is 8.94. The maximum atomic E-state index is 5.99. The quantitative estimate of drug-likeness (QED) is 0.414. The van der Waals surface area contributed by atoms with Crippen LogP contribution in [-0.2, 0) is 6.42 Å². The summed E-state index contributed by atoms with van der Waals surface area (Å²) >= 11 is 0. The molecule has 5 nitrogen and oxygen atoms in total. The number of nitrogens with one attached hydrogen (secondary N) is 1. The molecule has 0 amide bonds. The summed E-state index contributed by atoms with van der Waals surface area (Å²) in [6.07, 6.45) is 1.09. The molecule has 25 heavy (non-hydrogen) atoms. The van der Waals surface area contributed by atoms with Gasteiger partial charge < -0.3 is 20.7 Å². The molecule has 0 aliphatic carbocycles. The third-order valence-electron chi connectivity index (χ3n) is 4.31. The highest BCUT2D eigenvalue weighted by molar-refractivity contribution is 14.0. The minimum absolute atomic E-state index is 0. The molecule has 2 aromatic carbocycles. The number of halogens is 1. The van der Waals surface area contributed by atoms with Crippen LogP contribution >= 0.6 is 24.0 Å². The molecular weight excluding hydrogens is 427 g/mol. The summed E-state index contributed by atoms with van der Waals surface area (Å²) in [5.74, 6) is 1.21. The van der Waals surface area contributed by atoms with E-state index in [-0.39, 0.29) is 24.0 Å². The first-order chi connectivity index (χ1) is 11.7. The van der Waals surface area contributed by atoms with E-state index in [2.05, 4.69) is 46.4 Å². The molecule has 1 aliphatic heterocycles. The molecule has 1 heterocycles. The Morgan fingerprint density at radius 1 is 1.28 bits per heavy atom. The Hall–Kier alpha value is -1.96. The maximum absolute atomic E-state index is 5.99. The highest BCUT2D eigenvalue weighted by atomic mass is 127. The molecule has 0 saturated carbocycles. The lowest BCUT2D eigenvalue weighted by molar-refractivity contribution is 0.415. The Labute approximate surface area is 166 Å². The van der Waals surface area contributed by atoms with Gasteiger partial charge in [0.2, 0.25) is 0 Å². The SMILES string of the molecule is COc1cccc(NC(N)=NCCN2c3ccccc3CC2C)c1.I. The largest absolute Gasteiger partial charge is 0.497 e. The summed E-state index contributed by atoms with van der Waals surface area (Å²) < 4.78 is 5.20. The number of para-hydroxylation sites is 1. The predicted molar refractivity (Wildman–Crippen MR) is 115 cm³/mol. The van der Waals surface area contributed by atoms with Crippen LogP contribution in [0.2, 0.25) is 0 Å². The van der Waals surface area contributed by atoms with E-state index in [0.717, 1.165) is 24.4 Å². The third kappa shape index (κ3) is 4.78. The van der Waals surface area contributed by atoms with Gasteiger partial charge in [0.05, 0.1) is 13.7 Å². The lowest BCUT2D eigenvalue weighted by Gasteiger charge is -2.24. The zero-order chi connectivity index (χ0) is 16.9. The van der Waals surface area contributed by atoms with Crippen LogP contribution in [0.3, 0.4) is 0 Å². The molecule has 0 saturated heterocycles. The lowest BCUT2D eigenvalue weighted by atomic mass is 10.1. The molecule has 0 fully saturated rings. The van der Waals surface area contributed by atoms with Gasteiger partial charge in [0, 0.05) is 30.0 Å². The summed E-state index contributed by atoms with van der Waals surface area (Å²) in [5.41, 5.74) is 9.59. The molecule has 3 N–H and O–H groups in total. The number of hydrogen-bond acceptors (Lipinski definition) is 3. The minimum Gasteiger partial charge on any atom is -0.497 e. The predicted octanol–water partition coefficient (Wildman–Crippen LogP) is 3.49. The summed E-state index contributed by atoms with van der Waals surface area (Å²) in [4.78, 5) is 6.85. The smallest absolute Gasteiger partial charge is 0.193 e. The van der Waals surface area contributed by atoms with Crippen LogP contribution < -0.4 is 20.7 Å². The van der Waals surface area contributed by atoms with Gasteiger partial charge in [-0.2, -0.15) is 0 Å². The molecule has 0 radical (unpaired) electrons. The average molecular weight is 452 g/mol. The Bertz CT molecular complexity index is 735. The van der Waals surface area contributed by atoms with E-state index < -0.39 is 0 Å². The Kier molecular flexibility index (Phi) is 6.92. The van der Waals surface area contributed by atoms with E-state index in [1.807, 2.05) is 24.3 Å². The summed E-state index contributed by atoms with van der Waals surface area (Å²) in [6, 6.07) is 16.7. The van der Waals surface area contributed by atoms with Crippen molar-refractivity contribution in [1.29, 1.82) is 0 Å². The van der Waals surface area contributed by atoms with Crippen LogP contribution in [0.4, 0.5) is 11.4 Å². The molecule has 2 aromatic rings. The van der Waals surface area contributed by atoms with Gasteiger partial charge in [-0.15, -0.1) is 24.0 Å². The number of fused-ring (bicyclic) bond motifs is 1. The van der Waals surface area contributed by atoms with Crippen molar-refractivity contribution in [1.82, 2.24) is 0 Å². The summed E-state index contributed by atoms with van der Waals surface area (Å²) in [7, 11) is 1.64. The number of ether oxygens (including phenoxy) is 1. The van der Waals surface area contributed by atoms with E-state index in [0.29, 0.717) is 18.5 Å². The maximum Gasteiger partial charge on any atom is 0.193 e. The number of guanidine groups is 1. The first-order valence-corrected chi connectivity index (χ1v) is 8.23. The molecule has 0 bridgehead atoms. The van der Waals surface area contributed by atoms with Gasteiger partial charge in [0.15, 0.2) is 5.96 Å². The minimum atomic E-state index is 0. The number of anilines is 2. The fourth-order valence-electron chi connectivity index (χ4n) is 3.14. The monoisotopic (exact) mass is 452 g/mol. The molecule has 6 heteroatoms. The number of nitrogens with zero attached hydrogens (tertiary/aromatic N) is 2. The van der Waals surface area contributed by atoms with Gasteiger partial charge in [0.25, 0.3) is 0 Å². The van der Waals surface area contributed by atoms with E-state index in [4.69, 9.17) is 10.5 Å². The lowest BCUT2D eigenvalue weighted by Crippen LogP contribution is -2.32. The third-order valence-corrected chi connectivity index (χ3v) is 4.31. The zero-order valence-corrected chi connectivity index (χ0v) is 16.9.